The fraction of sp³-hybridized carbons (Fsp3) is 0. The summed E-state index contributed by atoms with van der Waals surface area (Å²) in [5.74, 6) is -0.372. The molecule has 0 bridgehead atoms. The van der Waals surface area contributed by atoms with Gasteiger partial charge in [-0.1, -0.05) is 22.0 Å². The Morgan fingerprint density at radius 2 is 2.00 bits per heavy atom. The van der Waals surface area contributed by atoms with Crippen LogP contribution in [0.5, 0.6) is 0 Å². The van der Waals surface area contributed by atoms with Crippen LogP contribution in [-0.2, 0) is 0 Å². The van der Waals surface area contributed by atoms with E-state index in [1.807, 2.05) is 12.1 Å². The zero-order valence-electron chi connectivity index (χ0n) is 9.15. The fourth-order valence-corrected chi connectivity index (χ4v) is 2.30. The van der Waals surface area contributed by atoms with Crippen LogP contribution in [0.25, 0.3) is 16.7 Å². The molecule has 0 aliphatic carbocycles. The number of hydrogen-bond donors (Lipinski definition) is 1. The van der Waals surface area contributed by atoms with Crippen LogP contribution in [0.2, 0.25) is 0 Å². The number of benzene rings is 2. The Morgan fingerprint density at radius 3 is 2.78 bits per heavy atom. The van der Waals surface area contributed by atoms with Crippen molar-refractivity contribution in [3.8, 4) is 5.69 Å². The molecule has 2 aromatic carbocycles. The van der Waals surface area contributed by atoms with Crippen molar-refractivity contribution in [1.82, 2.24) is 9.55 Å². The van der Waals surface area contributed by atoms with Gasteiger partial charge in [0.05, 0.1) is 16.7 Å². The van der Waals surface area contributed by atoms with Crippen LogP contribution in [-0.4, -0.2) is 9.55 Å². The minimum Gasteiger partial charge on any atom is -0.305 e. The average Bonchev–Trinajstić information content (AvgIpc) is 2.64. The number of fused-ring (bicyclic) bond motifs is 1. The van der Waals surface area contributed by atoms with E-state index < -0.39 is 0 Å². The van der Waals surface area contributed by atoms with E-state index in [-0.39, 0.29) is 11.5 Å². The zero-order valence-corrected chi connectivity index (χ0v) is 10.7. The van der Waals surface area contributed by atoms with E-state index in [0.717, 1.165) is 4.47 Å². The largest absolute Gasteiger partial charge is 0.331 e. The summed E-state index contributed by atoms with van der Waals surface area (Å²) < 4.78 is 15.5. The Hall–Kier alpha value is -1.88. The molecule has 1 heterocycles. The first-order chi connectivity index (χ1) is 8.65. The van der Waals surface area contributed by atoms with E-state index >= 15 is 0 Å². The van der Waals surface area contributed by atoms with E-state index in [4.69, 9.17) is 0 Å². The van der Waals surface area contributed by atoms with Gasteiger partial charge in [0.15, 0.2) is 0 Å². The van der Waals surface area contributed by atoms with Crippen LogP contribution in [0.3, 0.4) is 0 Å². The maximum atomic E-state index is 13.2. The van der Waals surface area contributed by atoms with Crippen molar-refractivity contribution in [1.29, 1.82) is 0 Å². The molecule has 0 radical (unpaired) electrons. The zero-order chi connectivity index (χ0) is 12.7. The monoisotopic (exact) mass is 306 g/mol. The Labute approximate surface area is 110 Å². The molecule has 3 aromatic rings. The second-order valence-electron chi connectivity index (χ2n) is 3.91. The lowest BCUT2D eigenvalue weighted by Crippen LogP contribution is -2.14. The number of aromatic amines is 1. The average molecular weight is 307 g/mol. The van der Waals surface area contributed by atoms with Crippen LogP contribution in [0.15, 0.2) is 51.7 Å². The topological polar surface area (TPSA) is 37.8 Å². The SMILES string of the molecule is O=c1[nH]c2ccc(Br)cc2n1-c1cccc(F)c1. The number of aromatic nitrogens is 2. The lowest BCUT2D eigenvalue weighted by atomic mass is 10.3. The number of H-pyrrole nitrogens is 1. The maximum Gasteiger partial charge on any atom is 0.331 e. The van der Waals surface area contributed by atoms with Gasteiger partial charge in [0.2, 0.25) is 0 Å². The van der Waals surface area contributed by atoms with Gasteiger partial charge in [-0.3, -0.25) is 4.57 Å². The fourth-order valence-electron chi connectivity index (χ4n) is 1.95. The van der Waals surface area contributed by atoms with Gasteiger partial charge in [-0.15, -0.1) is 0 Å². The van der Waals surface area contributed by atoms with E-state index in [2.05, 4.69) is 20.9 Å². The minimum atomic E-state index is -0.372. The van der Waals surface area contributed by atoms with Gasteiger partial charge >= 0.3 is 5.69 Å². The molecule has 1 aromatic heterocycles. The van der Waals surface area contributed by atoms with Crippen molar-refractivity contribution >= 4 is 27.0 Å². The van der Waals surface area contributed by atoms with Crippen LogP contribution < -0.4 is 5.69 Å². The third kappa shape index (κ3) is 1.76. The molecule has 90 valence electrons. The summed E-state index contributed by atoms with van der Waals surface area (Å²) in [4.78, 5) is 14.7. The summed E-state index contributed by atoms with van der Waals surface area (Å²) in [6, 6.07) is 11.4. The summed E-state index contributed by atoms with van der Waals surface area (Å²) in [6.45, 7) is 0. The molecule has 3 nitrogen and oxygen atoms in total. The summed E-state index contributed by atoms with van der Waals surface area (Å²) >= 11 is 3.36. The Kier molecular flexibility index (Phi) is 2.56. The molecule has 18 heavy (non-hydrogen) atoms. The first kappa shape index (κ1) is 11.2. The molecular formula is C13H8BrFN2O. The standard InChI is InChI=1S/C13H8BrFN2O/c14-8-4-5-11-12(6-8)17(13(18)16-11)10-3-1-2-9(15)7-10/h1-7H,(H,16,18). The van der Waals surface area contributed by atoms with E-state index in [1.165, 1.54) is 16.7 Å². The van der Waals surface area contributed by atoms with Gasteiger partial charge in [-0.05, 0) is 36.4 Å². The van der Waals surface area contributed by atoms with E-state index in [1.54, 1.807) is 18.2 Å². The van der Waals surface area contributed by atoms with Gasteiger partial charge in [0, 0.05) is 4.47 Å². The predicted octanol–water partition coefficient (Wildman–Crippen LogP) is 3.22. The second kappa shape index (κ2) is 4.10. The van der Waals surface area contributed by atoms with Crippen molar-refractivity contribution in [3.05, 3.63) is 63.2 Å². The summed E-state index contributed by atoms with van der Waals surface area (Å²) in [5.41, 5.74) is 1.64. The van der Waals surface area contributed by atoms with Crippen LogP contribution >= 0.6 is 15.9 Å². The smallest absolute Gasteiger partial charge is 0.305 e. The molecule has 0 aliphatic rings. The van der Waals surface area contributed by atoms with Crippen molar-refractivity contribution in [3.63, 3.8) is 0 Å². The highest BCUT2D eigenvalue weighted by Gasteiger charge is 2.09. The normalized spacial score (nSPS) is 11.0. The Balaban J connectivity index is 2.38. The first-order valence-corrected chi connectivity index (χ1v) is 6.11. The number of nitrogens with zero attached hydrogens (tertiary/aromatic N) is 1. The predicted molar refractivity (Wildman–Crippen MR) is 71.6 cm³/mol. The van der Waals surface area contributed by atoms with Crippen LogP contribution in [0.4, 0.5) is 4.39 Å². The summed E-state index contributed by atoms with van der Waals surface area (Å²) in [5, 5.41) is 0. The highest BCUT2D eigenvalue weighted by Crippen LogP contribution is 2.20. The van der Waals surface area contributed by atoms with E-state index in [0.29, 0.717) is 16.7 Å². The Bertz CT molecular complexity index is 791. The van der Waals surface area contributed by atoms with Crippen molar-refractivity contribution in [2.24, 2.45) is 0 Å². The number of nitrogens with one attached hydrogen (secondary N) is 1. The maximum absolute atomic E-state index is 13.2. The van der Waals surface area contributed by atoms with Crippen molar-refractivity contribution in [2.75, 3.05) is 0 Å². The first-order valence-electron chi connectivity index (χ1n) is 5.31. The number of imidazole rings is 1. The summed E-state index contributed by atoms with van der Waals surface area (Å²) in [7, 11) is 0. The number of halogens is 2. The minimum absolute atomic E-state index is 0.284. The number of hydrogen-bond acceptors (Lipinski definition) is 1. The van der Waals surface area contributed by atoms with Gasteiger partial charge in [-0.25, -0.2) is 9.18 Å². The van der Waals surface area contributed by atoms with Gasteiger partial charge < -0.3 is 4.98 Å². The molecule has 5 heteroatoms. The third-order valence-electron chi connectivity index (χ3n) is 2.71. The van der Waals surface area contributed by atoms with Gasteiger partial charge in [0.1, 0.15) is 5.82 Å². The lowest BCUT2D eigenvalue weighted by Gasteiger charge is -2.03. The molecule has 0 fully saturated rings. The quantitative estimate of drug-likeness (QED) is 0.736. The molecule has 3 rings (SSSR count). The van der Waals surface area contributed by atoms with Gasteiger partial charge in [0.25, 0.3) is 0 Å². The molecule has 0 aliphatic heterocycles. The summed E-state index contributed by atoms with van der Waals surface area (Å²) in [6.07, 6.45) is 0. The highest BCUT2D eigenvalue weighted by atomic mass is 79.9. The molecule has 1 N–H and O–H groups in total. The second-order valence-corrected chi connectivity index (χ2v) is 4.82. The molecule has 0 amide bonds. The van der Waals surface area contributed by atoms with Crippen molar-refractivity contribution < 1.29 is 4.39 Å². The lowest BCUT2D eigenvalue weighted by molar-refractivity contribution is 0.626. The molecule has 0 unspecified atom stereocenters. The van der Waals surface area contributed by atoms with Crippen LogP contribution in [0.1, 0.15) is 0 Å². The Morgan fingerprint density at radius 1 is 1.17 bits per heavy atom. The van der Waals surface area contributed by atoms with Crippen molar-refractivity contribution in [2.45, 2.75) is 0 Å². The molecule has 0 saturated carbocycles. The molecular weight excluding hydrogens is 299 g/mol. The van der Waals surface area contributed by atoms with E-state index in [9.17, 15) is 9.18 Å². The highest BCUT2D eigenvalue weighted by molar-refractivity contribution is 9.10. The van der Waals surface area contributed by atoms with Gasteiger partial charge in [-0.2, -0.15) is 0 Å². The number of rotatable bonds is 1. The molecule has 0 atom stereocenters. The van der Waals surface area contributed by atoms with Crippen LogP contribution in [0, 0.1) is 5.82 Å². The molecule has 0 saturated heterocycles. The molecule has 0 spiro atoms. The third-order valence-corrected chi connectivity index (χ3v) is 3.21.